The van der Waals surface area contributed by atoms with E-state index < -0.39 is 0 Å². The highest BCUT2D eigenvalue weighted by Crippen LogP contribution is 2.04. The van der Waals surface area contributed by atoms with Crippen LogP contribution in [0.1, 0.15) is 25.6 Å². The molecule has 1 aromatic rings. The van der Waals surface area contributed by atoms with Crippen molar-refractivity contribution in [2.75, 3.05) is 20.6 Å². The molecule has 1 N–H and O–H groups in total. The van der Waals surface area contributed by atoms with Gasteiger partial charge >= 0.3 is 0 Å². The first-order valence-electron chi connectivity index (χ1n) is 5.66. The molecular formula is C11H22N4O. The van der Waals surface area contributed by atoms with Crippen molar-refractivity contribution < 1.29 is 4.42 Å². The summed E-state index contributed by atoms with van der Waals surface area (Å²) >= 11 is 0. The summed E-state index contributed by atoms with van der Waals surface area (Å²) in [5, 5.41) is 11.2. The normalized spacial score (nSPS) is 13.7. The van der Waals surface area contributed by atoms with Gasteiger partial charge in [-0.05, 0) is 20.0 Å². The highest BCUT2D eigenvalue weighted by atomic mass is 16.4. The van der Waals surface area contributed by atoms with Gasteiger partial charge in [-0.3, -0.25) is 0 Å². The Morgan fingerprint density at radius 1 is 1.31 bits per heavy atom. The van der Waals surface area contributed by atoms with Gasteiger partial charge in [0, 0.05) is 19.5 Å². The van der Waals surface area contributed by atoms with Crippen molar-refractivity contribution >= 4 is 0 Å². The van der Waals surface area contributed by atoms with Crippen LogP contribution in [-0.2, 0) is 6.54 Å². The van der Waals surface area contributed by atoms with Crippen LogP contribution in [0.2, 0.25) is 0 Å². The molecule has 0 aliphatic heterocycles. The lowest BCUT2D eigenvalue weighted by Crippen LogP contribution is -2.41. The van der Waals surface area contributed by atoms with Crippen LogP contribution in [0.4, 0.5) is 0 Å². The maximum atomic E-state index is 5.32. The molecule has 0 saturated carbocycles. The molecule has 1 unspecified atom stereocenters. The SMILES string of the molecule is Cc1nnc(CNC(CN(C)C)C(C)C)o1. The number of rotatable bonds is 6. The van der Waals surface area contributed by atoms with Gasteiger partial charge in [0.15, 0.2) is 0 Å². The number of nitrogens with zero attached hydrogens (tertiary/aromatic N) is 3. The predicted octanol–water partition coefficient (Wildman–Crippen LogP) is 1.05. The molecule has 1 heterocycles. The van der Waals surface area contributed by atoms with Crippen molar-refractivity contribution in [1.82, 2.24) is 20.4 Å². The van der Waals surface area contributed by atoms with Gasteiger partial charge in [0.05, 0.1) is 6.54 Å². The highest BCUT2D eigenvalue weighted by molar-refractivity contribution is 4.81. The molecule has 1 atom stereocenters. The Hall–Kier alpha value is -0.940. The molecule has 1 rings (SSSR count). The molecule has 0 spiro atoms. The maximum Gasteiger partial charge on any atom is 0.230 e. The third-order valence-electron chi connectivity index (χ3n) is 2.45. The van der Waals surface area contributed by atoms with Crippen LogP contribution in [0.3, 0.4) is 0 Å². The Morgan fingerprint density at radius 3 is 2.44 bits per heavy atom. The summed E-state index contributed by atoms with van der Waals surface area (Å²) in [5.41, 5.74) is 0. The Balaban J connectivity index is 2.43. The lowest BCUT2D eigenvalue weighted by atomic mass is 10.0. The van der Waals surface area contributed by atoms with Gasteiger partial charge in [0.1, 0.15) is 0 Å². The predicted molar refractivity (Wildman–Crippen MR) is 63.1 cm³/mol. The molecule has 5 nitrogen and oxygen atoms in total. The Labute approximate surface area is 97.2 Å². The van der Waals surface area contributed by atoms with Crippen molar-refractivity contribution in [2.45, 2.75) is 33.4 Å². The van der Waals surface area contributed by atoms with Gasteiger partial charge < -0.3 is 14.6 Å². The minimum absolute atomic E-state index is 0.433. The maximum absolute atomic E-state index is 5.32. The van der Waals surface area contributed by atoms with Crippen LogP contribution in [0.15, 0.2) is 4.42 Å². The van der Waals surface area contributed by atoms with Crippen molar-refractivity contribution in [1.29, 1.82) is 0 Å². The molecule has 0 bridgehead atoms. The van der Waals surface area contributed by atoms with Crippen LogP contribution >= 0.6 is 0 Å². The second-order valence-electron chi connectivity index (χ2n) is 4.71. The average molecular weight is 226 g/mol. The summed E-state index contributed by atoms with van der Waals surface area (Å²) in [6.07, 6.45) is 0. The van der Waals surface area contributed by atoms with E-state index in [-0.39, 0.29) is 0 Å². The van der Waals surface area contributed by atoms with Gasteiger partial charge in [0.25, 0.3) is 0 Å². The van der Waals surface area contributed by atoms with E-state index in [0.717, 1.165) is 6.54 Å². The van der Waals surface area contributed by atoms with E-state index in [9.17, 15) is 0 Å². The summed E-state index contributed by atoms with van der Waals surface area (Å²) < 4.78 is 5.32. The van der Waals surface area contributed by atoms with Gasteiger partial charge in [-0.25, -0.2) is 0 Å². The van der Waals surface area contributed by atoms with Crippen LogP contribution in [-0.4, -0.2) is 41.8 Å². The number of nitrogens with one attached hydrogen (secondary N) is 1. The van der Waals surface area contributed by atoms with E-state index >= 15 is 0 Å². The summed E-state index contributed by atoms with van der Waals surface area (Å²) in [5.74, 6) is 1.85. The molecule has 92 valence electrons. The second-order valence-corrected chi connectivity index (χ2v) is 4.71. The van der Waals surface area contributed by atoms with Crippen LogP contribution in [0.25, 0.3) is 0 Å². The minimum Gasteiger partial charge on any atom is -0.424 e. The molecule has 0 saturated heterocycles. The zero-order valence-corrected chi connectivity index (χ0v) is 10.8. The van der Waals surface area contributed by atoms with E-state index in [1.165, 1.54) is 0 Å². The zero-order valence-electron chi connectivity index (χ0n) is 10.8. The number of aromatic nitrogens is 2. The number of likely N-dealkylation sites (N-methyl/N-ethyl adjacent to an activating group) is 1. The van der Waals surface area contributed by atoms with E-state index in [0.29, 0.717) is 30.3 Å². The molecular weight excluding hydrogens is 204 g/mol. The lowest BCUT2D eigenvalue weighted by Gasteiger charge is -2.25. The van der Waals surface area contributed by atoms with E-state index in [1.807, 2.05) is 0 Å². The van der Waals surface area contributed by atoms with Crippen LogP contribution in [0.5, 0.6) is 0 Å². The monoisotopic (exact) mass is 226 g/mol. The van der Waals surface area contributed by atoms with Gasteiger partial charge in [-0.15, -0.1) is 10.2 Å². The first kappa shape index (κ1) is 13.1. The molecule has 0 aromatic carbocycles. The number of aryl methyl sites for hydroxylation is 1. The smallest absolute Gasteiger partial charge is 0.230 e. The number of hydrogen-bond donors (Lipinski definition) is 1. The summed E-state index contributed by atoms with van der Waals surface area (Å²) in [6, 6.07) is 0.433. The van der Waals surface area contributed by atoms with E-state index in [1.54, 1.807) is 6.92 Å². The fraction of sp³-hybridized carbons (Fsp3) is 0.818. The first-order valence-corrected chi connectivity index (χ1v) is 5.66. The lowest BCUT2D eigenvalue weighted by molar-refractivity contribution is 0.280. The van der Waals surface area contributed by atoms with Crippen molar-refractivity contribution in [2.24, 2.45) is 5.92 Å². The fourth-order valence-electron chi connectivity index (χ4n) is 1.53. The highest BCUT2D eigenvalue weighted by Gasteiger charge is 2.14. The van der Waals surface area contributed by atoms with Gasteiger partial charge in [0.2, 0.25) is 11.8 Å². The molecule has 5 heteroatoms. The summed E-state index contributed by atoms with van der Waals surface area (Å²) in [7, 11) is 4.15. The van der Waals surface area contributed by atoms with Gasteiger partial charge in [-0.2, -0.15) is 0 Å². The molecule has 0 aliphatic carbocycles. The molecule has 16 heavy (non-hydrogen) atoms. The molecule has 0 radical (unpaired) electrons. The van der Waals surface area contributed by atoms with Crippen LogP contribution < -0.4 is 5.32 Å². The molecule has 0 aliphatic rings. The fourth-order valence-corrected chi connectivity index (χ4v) is 1.53. The van der Waals surface area contributed by atoms with E-state index in [4.69, 9.17) is 4.42 Å². The minimum atomic E-state index is 0.433. The van der Waals surface area contributed by atoms with Crippen LogP contribution in [0, 0.1) is 12.8 Å². The summed E-state index contributed by atoms with van der Waals surface area (Å²) in [6.45, 7) is 7.86. The summed E-state index contributed by atoms with van der Waals surface area (Å²) in [4.78, 5) is 2.18. The van der Waals surface area contributed by atoms with Gasteiger partial charge in [-0.1, -0.05) is 13.8 Å². The first-order chi connectivity index (χ1) is 7.49. The Morgan fingerprint density at radius 2 is 2.00 bits per heavy atom. The Kier molecular flexibility index (Phi) is 4.89. The number of hydrogen-bond acceptors (Lipinski definition) is 5. The average Bonchev–Trinajstić information content (AvgIpc) is 2.58. The topological polar surface area (TPSA) is 54.2 Å². The van der Waals surface area contributed by atoms with E-state index in [2.05, 4.69) is 48.4 Å². The Bertz CT molecular complexity index is 309. The standard InChI is InChI=1S/C11H22N4O/c1-8(2)10(7-15(4)5)12-6-11-14-13-9(3)16-11/h8,10,12H,6-7H2,1-5H3. The molecule has 0 amide bonds. The largest absolute Gasteiger partial charge is 0.424 e. The van der Waals surface area contributed by atoms with Crippen molar-refractivity contribution in [3.63, 3.8) is 0 Å². The molecule has 0 fully saturated rings. The second kappa shape index (κ2) is 5.96. The zero-order chi connectivity index (χ0) is 12.1. The molecule has 1 aromatic heterocycles. The third kappa shape index (κ3) is 4.28. The van der Waals surface area contributed by atoms with Crippen molar-refractivity contribution in [3.8, 4) is 0 Å². The quantitative estimate of drug-likeness (QED) is 0.786. The third-order valence-corrected chi connectivity index (χ3v) is 2.45. The van der Waals surface area contributed by atoms with Crippen molar-refractivity contribution in [3.05, 3.63) is 11.8 Å².